The molecule has 0 radical (unpaired) electrons. The highest BCUT2D eigenvalue weighted by atomic mass is 16.5. The minimum Gasteiger partial charge on any atom is -0.508 e. The molecule has 100 valence electrons. The second-order valence-corrected chi connectivity index (χ2v) is 4.02. The maximum atomic E-state index is 9.70. The maximum Gasteiger partial charge on any atom is 0.123 e. The molecule has 0 aliphatic heterocycles. The summed E-state index contributed by atoms with van der Waals surface area (Å²) in [5, 5.41) is 9.70. The predicted molar refractivity (Wildman–Crippen MR) is 73.2 cm³/mol. The summed E-state index contributed by atoms with van der Waals surface area (Å²) in [4.78, 5) is 0. The van der Waals surface area contributed by atoms with Crippen molar-refractivity contribution in [2.24, 2.45) is 0 Å². The number of aromatic hydroxyl groups is 1. The third-order valence-corrected chi connectivity index (χ3v) is 2.81. The lowest BCUT2D eigenvalue weighted by atomic mass is 10.0. The van der Waals surface area contributed by atoms with Crippen molar-refractivity contribution < 1.29 is 19.3 Å². The van der Waals surface area contributed by atoms with E-state index in [9.17, 15) is 5.11 Å². The molecule has 4 heteroatoms. The smallest absolute Gasteiger partial charge is 0.123 e. The zero-order valence-corrected chi connectivity index (χ0v) is 11.1. The molecular weight excluding hydrogens is 244 g/mol. The highest BCUT2D eigenvalue weighted by molar-refractivity contribution is 5.70. The summed E-state index contributed by atoms with van der Waals surface area (Å²) in [6, 6.07) is 10.6. The summed E-state index contributed by atoms with van der Waals surface area (Å²) in [5.74, 6) is 2.13. The molecule has 2 aromatic rings. The van der Waals surface area contributed by atoms with E-state index in [1.54, 1.807) is 39.5 Å². The van der Waals surface area contributed by atoms with Gasteiger partial charge in [-0.2, -0.15) is 0 Å². The molecule has 0 amide bonds. The fraction of sp³-hybridized carbons (Fsp3) is 0.200. The van der Waals surface area contributed by atoms with Crippen molar-refractivity contribution in [2.45, 2.75) is 0 Å². The van der Waals surface area contributed by atoms with Gasteiger partial charge in [0.2, 0.25) is 0 Å². The maximum absolute atomic E-state index is 9.70. The van der Waals surface area contributed by atoms with Gasteiger partial charge in [0.25, 0.3) is 0 Å². The van der Waals surface area contributed by atoms with Crippen molar-refractivity contribution >= 4 is 0 Å². The number of ether oxygens (including phenoxy) is 3. The third kappa shape index (κ3) is 2.91. The van der Waals surface area contributed by atoms with E-state index in [1.807, 2.05) is 18.2 Å². The van der Waals surface area contributed by atoms with Crippen LogP contribution in [-0.4, -0.2) is 26.4 Å². The van der Waals surface area contributed by atoms with Gasteiger partial charge in [-0.3, -0.25) is 0 Å². The van der Waals surface area contributed by atoms with Gasteiger partial charge in [-0.25, -0.2) is 0 Å². The van der Waals surface area contributed by atoms with E-state index in [0.29, 0.717) is 17.2 Å². The Morgan fingerprint density at radius 1 is 0.632 bits per heavy atom. The normalized spacial score (nSPS) is 10.1. The molecule has 2 rings (SSSR count). The second-order valence-electron chi connectivity index (χ2n) is 4.02. The predicted octanol–water partition coefficient (Wildman–Crippen LogP) is 3.09. The number of rotatable bonds is 4. The Balaban J connectivity index is 2.54. The fourth-order valence-corrected chi connectivity index (χ4v) is 1.84. The van der Waals surface area contributed by atoms with E-state index in [4.69, 9.17) is 14.2 Å². The minimum atomic E-state index is 0.149. The molecule has 2 aromatic carbocycles. The number of benzene rings is 2. The van der Waals surface area contributed by atoms with Crippen LogP contribution in [-0.2, 0) is 0 Å². The fourth-order valence-electron chi connectivity index (χ4n) is 1.84. The van der Waals surface area contributed by atoms with Gasteiger partial charge in [-0.15, -0.1) is 0 Å². The first kappa shape index (κ1) is 13.1. The SMILES string of the molecule is COc1cc(O)cc(-c2cc(OC)cc(OC)c2)c1. The van der Waals surface area contributed by atoms with E-state index in [1.165, 1.54) is 0 Å². The zero-order valence-electron chi connectivity index (χ0n) is 11.1. The lowest BCUT2D eigenvalue weighted by molar-refractivity contribution is 0.394. The molecule has 0 aliphatic rings. The summed E-state index contributed by atoms with van der Waals surface area (Å²) in [7, 11) is 4.76. The lowest BCUT2D eigenvalue weighted by Crippen LogP contribution is -1.89. The number of methoxy groups -OCH3 is 3. The molecule has 0 unspecified atom stereocenters. The lowest BCUT2D eigenvalue weighted by Gasteiger charge is -2.10. The summed E-state index contributed by atoms with van der Waals surface area (Å²) in [5.41, 5.74) is 1.71. The van der Waals surface area contributed by atoms with Crippen LogP contribution >= 0.6 is 0 Å². The second kappa shape index (κ2) is 5.52. The first-order valence-electron chi connectivity index (χ1n) is 5.77. The summed E-state index contributed by atoms with van der Waals surface area (Å²) in [6.45, 7) is 0. The number of hydrogen-bond acceptors (Lipinski definition) is 4. The molecule has 0 atom stereocenters. The van der Waals surface area contributed by atoms with E-state index in [0.717, 1.165) is 11.1 Å². The van der Waals surface area contributed by atoms with Crippen molar-refractivity contribution in [1.29, 1.82) is 0 Å². The summed E-state index contributed by atoms with van der Waals surface area (Å²) in [6.07, 6.45) is 0. The van der Waals surface area contributed by atoms with Crippen LogP contribution in [0.15, 0.2) is 36.4 Å². The highest BCUT2D eigenvalue weighted by Gasteiger charge is 2.07. The molecular formula is C15H16O4. The van der Waals surface area contributed by atoms with E-state index >= 15 is 0 Å². The van der Waals surface area contributed by atoms with Crippen LogP contribution in [0, 0.1) is 0 Å². The molecule has 0 spiro atoms. The number of phenolic OH excluding ortho intramolecular Hbond substituents is 1. The molecule has 0 fully saturated rings. The largest absolute Gasteiger partial charge is 0.508 e. The Bertz CT molecular complexity index is 556. The van der Waals surface area contributed by atoms with Crippen LogP contribution in [0.1, 0.15) is 0 Å². The Kier molecular flexibility index (Phi) is 3.80. The molecule has 0 bridgehead atoms. The van der Waals surface area contributed by atoms with Gasteiger partial charge < -0.3 is 19.3 Å². The third-order valence-electron chi connectivity index (χ3n) is 2.81. The number of hydrogen-bond donors (Lipinski definition) is 1. The molecule has 1 N–H and O–H groups in total. The van der Waals surface area contributed by atoms with Crippen LogP contribution in [0.4, 0.5) is 0 Å². The van der Waals surface area contributed by atoms with E-state index < -0.39 is 0 Å². The molecule has 4 nitrogen and oxygen atoms in total. The molecule has 0 aliphatic carbocycles. The van der Waals surface area contributed by atoms with Crippen LogP contribution in [0.3, 0.4) is 0 Å². The average Bonchev–Trinajstić information content (AvgIpc) is 2.45. The van der Waals surface area contributed by atoms with Crippen LogP contribution < -0.4 is 14.2 Å². The minimum absolute atomic E-state index is 0.149. The Morgan fingerprint density at radius 2 is 1.05 bits per heavy atom. The van der Waals surface area contributed by atoms with Crippen molar-refractivity contribution in [3.63, 3.8) is 0 Å². The molecule has 0 saturated carbocycles. The summed E-state index contributed by atoms with van der Waals surface area (Å²) < 4.78 is 15.6. The molecule has 0 saturated heterocycles. The van der Waals surface area contributed by atoms with Gasteiger partial charge in [0.05, 0.1) is 21.3 Å². The van der Waals surface area contributed by atoms with Gasteiger partial charge >= 0.3 is 0 Å². The average molecular weight is 260 g/mol. The van der Waals surface area contributed by atoms with Crippen molar-refractivity contribution in [3.05, 3.63) is 36.4 Å². The molecule has 0 heterocycles. The van der Waals surface area contributed by atoms with Gasteiger partial charge in [0.15, 0.2) is 0 Å². The monoisotopic (exact) mass is 260 g/mol. The molecule has 0 aromatic heterocycles. The van der Waals surface area contributed by atoms with Gasteiger partial charge in [-0.05, 0) is 35.4 Å². The van der Waals surface area contributed by atoms with Crippen molar-refractivity contribution in [1.82, 2.24) is 0 Å². The standard InChI is InChI=1S/C15H16O4/c1-17-13-5-10(4-12(16)8-13)11-6-14(18-2)9-15(7-11)19-3/h4-9,16H,1-3H3. The van der Waals surface area contributed by atoms with Gasteiger partial charge in [0, 0.05) is 12.1 Å². The van der Waals surface area contributed by atoms with Crippen LogP contribution in [0.2, 0.25) is 0 Å². The van der Waals surface area contributed by atoms with Gasteiger partial charge in [0.1, 0.15) is 23.0 Å². The van der Waals surface area contributed by atoms with Crippen LogP contribution in [0.5, 0.6) is 23.0 Å². The number of phenols is 1. The first-order valence-corrected chi connectivity index (χ1v) is 5.77. The quantitative estimate of drug-likeness (QED) is 0.917. The zero-order chi connectivity index (χ0) is 13.8. The van der Waals surface area contributed by atoms with E-state index in [2.05, 4.69) is 0 Å². The van der Waals surface area contributed by atoms with Crippen molar-refractivity contribution in [3.8, 4) is 34.1 Å². The Hall–Kier alpha value is -2.36. The van der Waals surface area contributed by atoms with Crippen molar-refractivity contribution in [2.75, 3.05) is 21.3 Å². The topological polar surface area (TPSA) is 47.9 Å². The first-order chi connectivity index (χ1) is 9.16. The summed E-state index contributed by atoms with van der Waals surface area (Å²) >= 11 is 0. The van der Waals surface area contributed by atoms with Gasteiger partial charge in [-0.1, -0.05) is 0 Å². The Morgan fingerprint density at radius 3 is 1.53 bits per heavy atom. The van der Waals surface area contributed by atoms with Crippen LogP contribution in [0.25, 0.3) is 11.1 Å². The Labute approximate surface area is 112 Å². The highest BCUT2D eigenvalue weighted by Crippen LogP contribution is 2.33. The van der Waals surface area contributed by atoms with E-state index in [-0.39, 0.29) is 5.75 Å². The molecule has 19 heavy (non-hydrogen) atoms.